The summed E-state index contributed by atoms with van der Waals surface area (Å²) < 4.78 is 1.54. The van der Waals surface area contributed by atoms with Gasteiger partial charge in [0.1, 0.15) is 0 Å². The van der Waals surface area contributed by atoms with Crippen molar-refractivity contribution in [3.05, 3.63) is 76.8 Å². The van der Waals surface area contributed by atoms with Crippen LogP contribution in [-0.4, -0.2) is 15.0 Å². The van der Waals surface area contributed by atoms with Gasteiger partial charge in [-0.05, 0) is 0 Å². The Morgan fingerprint density at radius 1 is 0.882 bits per heavy atom. The normalized spacial score (nSPS) is 17.8. The van der Waals surface area contributed by atoms with Gasteiger partial charge in [-0.15, -0.1) is 0 Å². The summed E-state index contributed by atoms with van der Waals surface area (Å²) in [5.74, 6) is 0.559. The Hall–Kier alpha value is -1.30. The Bertz CT molecular complexity index is 528. The van der Waals surface area contributed by atoms with Crippen LogP contribution >= 0.6 is 0 Å². The summed E-state index contributed by atoms with van der Waals surface area (Å²) in [6.07, 6.45) is 3.50. The van der Waals surface area contributed by atoms with Gasteiger partial charge in [-0.3, -0.25) is 0 Å². The zero-order chi connectivity index (χ0) is 11.5. The molecule has 0 aromatic heterocycles. The van der Waals surface area contributed by atoms with Crippen molar-refractivity contribution in [2.75, 3.05) is 0 Å². The standard InChI is InChI=1S/C16H14Se/c1-2-6-13(7-3-1)12-14-10-11-17-16-9-5-4-8-15(14)16/h1-11,14H,12H2. The topological polar surface area (TPSA) is 0 Å². The summed E-state index contributed by atoms with van der Waals surface area (Å²) in [7, 11) is 0. The molecular formula is C16H14Se. The third kappa shape index (κ3) is 2.36. The van der Waals surface area contributed by atoms with Crippen molar-refractivity contribution in [1.29, 1.82) is 0 Å². The van der Waals surface area contributed by atoms with Gasteiger partial charge >= 0.3 is 109 Å². The SMILES string of the molecule is C1=CC(Cc2ccccc2)c2ccccc2[Se]1. The molecule has 2 aromatic rings. The minimum absolute atomic E-state index is 0.532. The van der Waals surface area contributed by atoms with Gasteiger partial charge < -0.3 is 0 Å². The monoisotopic (exact) mass is 286 g/mol. The summed E-state index contributed by atoms with van der Waals surface area (Å²) in [6.45, 7) is 0. The van der Waals surface area contributed by atoms with E-state index in [1.165, 1.54) is 11.1 Å². The second kappa shape index (κ2) is 4.91. The maximum absolute atomic E-state index is 2.38. The molecule has 1 aliphatic heterocycles. The van der Waals surface area contributed by atoms with Crippen molar-refractivity contribution in [2.45, 2.75) is 12.3 Å². The molecular weight excluding hydrogens is 271 g/mol. The molecule has 84 valence electrons. The van der Waals surface area contributed by atoms with Crippen LogP contribution in [0.25, 0.3) is 0 Å². The average molecular weight is 285 g/mol. The predicted octanol–water partition coefficient (Wildman–Crippen LogP) is 2.87. The first-order valence-corrected chi connectivity index (χ1v) is 7.74. The van der Waals surface area contributed by atoms with Crippen LogP contribution in [-0.2, 0) is 6.42 Å². The van der Waals surface area contributed by atoms with E-state index in [0.717, 1.165) is 6.42 Å². The van der Waals surface area contributed by atoms with Gasteiger partial charge in [-0.25, -0.2) is 0 Å². The first kappa shape index (κ1) is 10.8. The van der Waals surface area contributed by atoms with E-state index in [1.54, 1.807) is 4.46 Å². The molecule has 0 amide bonds. The zero-order valence-corrected chi connectivity index (χ0v) is 11.3. The molecule has 2 aromatic carbocycles. The number of rotatable bonds is 2. The summed E-state index contributed by atoms with van der Waals surface area (Å²) in [4.78, 5) is 2.36. The Kier molecular flexibility index (Phi) is 3.13. The number of hydrogen-bond donors (Lipinski definition) is 0. The fourth-order valence-corrected chi connectivity index (χ4v) is 4.20. The quantitative estimate of drug-likeness (QED) is 0.744. The number of hydrogen-bond acceptors (Lipinski definition) is 0. The number of allylic oxidation sites excluding steroid dienone is 1. The van der Waals surface area contributed by atoms with E-state index in [9.17, 15) is 0 Å². The molecule has 0 spiro atoms. The molecule has 0 aliphatic carbocycles. The molecule has 0 N–H and O–H groups in total. The van der Waals surface area contributed by atoms with Crippen molar-refractivity contribution >= 4 is 19.4 Å². The molecule has 1 heteroatoms. The summed E-state index contributed by atoms with van der Waals surface area (Å²) in [6, 6.07) is 19.6. The maximum atomic E-state index is 2.38. The molecule has 1 heterocycles. The van der Waals surface area contributed by atoms with E-state index in [-0.39, 0.29) is 0 Å². The molecule has 0 radical (unpaired) electrons. The second-order valence-corrected chi connectivity index (χ2v) is 6.27. The van der Waals surface area contributed by atoms with Crippen molar-refractivity contribution in [1.82, 2.24) is 0 Å². The molecule has 0 bridgehead atoms. The molecule has 1 atom stereocenters. The van der Waals surface area contributed by atoms with Gasteiger partial charge in [0.2, 0.25) is 0 Å². The van der Waals surface area contributed by atoms with Gasteiger partial charge in [-0.2, -0.15) is 0 Å². The van der Waals surface area contributed by atoms with Gasteiger partial charge in [-0.1, -0.05) is 0 Å². The number of benzene rings is 2. The van der Waals surface area contributed by atoms with Crippen LogP contribution in [0, 0.1) is 0 Å². The van der Waals surface area contributed by atoms with E-state index < -0.39 is 0 Å². The van der Waals surface area contributed by atoms with Crippen molar-refractivity contribution < 1.29 is 0 Å². The van der Waals surface area contributed by atoms with Crippen molar-refractivity contribution in [3.63, 3.8) is 0 Å². The molecule has 0 saturated carbocycles. The van der Waals surface area contributed by atoms with Gasteiger partial charge in [0.25, 0.3) is 0 Å². The summed E-state index contributed by atoms with van der Waals surface area (Å²) in [5, 5.41) is 0. The van der Waals surface area contributed by atoms with Crippen LogP contribution < -0.4 is 4.46 Å². The zero-order valence-electron chi connectivity index (χ0n) is 9.54. The summed E-state index contributed by atoms with van der Waals surface area (Å²) >= 11 is 0.532. The van der Waals surface area contributed by atoms with Gasteiger partial charge in [0.15, 0.2) is 0 Å². The fraction of sp³-hybridized carbons (Fsp3) is 0.125. The molecule has 0 saturated heterocycles. The first-order chi connectivity index (χ1) is 8.43. The molecule has 3 rings (SSSR count). The Morgan fingerprint density at radius 2 is 1.65 bits per heavy atom. The minimum atomic E-state index is 0.532. The van der Waals surface area contributed by atoms with Crippen LogP contribution in [0.15, 0.2) is 65.6 Å². The van der Waals surface area contributed by atoms with Crippen molar-refractivity contribution in [3.8, 4) is 0 Å². The van der Waals surface area contributed by atoms with Crippen LogP contribution in [0.1, 0.15) is 17.0 Å². The third-order valence-corrected chi connectivity index (χ3v) is 5.05. The van der Waals surface area contributed by atoms with E-state index >= 15 is 0 Å². The van der Waals surface area contributed by atoms with E-state index in [1.807, 2.05) is 0 Å². The molecule has 0 fully saturated rings. The molecule has 1 unspecified atom stereocenters. The Balaban J connectivity index is 1.89. The van der Waals surface area contributed by atoms with Gasteiger partial charge in [0, 0.05) is 0 Å². The van der Waals surface area contributed by atoms with Crippen LogP contribution in [0.4, 0.5) is 0 Å². The van der Waals surface area contributed by atoms with E-state index in [0.29, 0.717) is 20.9 Å². The van der Waals surface area contributed by atoms with Crippen LogP contribution in [0.3, 0.4) is 0 Å². The van der Waals surface area contributed by atoms with Gasteiger partial charge in [0.05, 0.1) is 0 Å². The third-order valence-electron chi connectivity index (χ3n) is 3.12. The van der Waals surface area contributed by atoms with Crippen LogP contribution in [0.5, 0.6) is 0 Å². The summed E-state index contributed by atoms with van der Waals surface area (Å²) in [5.41, 5.74) is 2.95. The molecule has 17 heavy (non-hydrogen) atoms. The average Bonchev–Trinajstić information content (AvgIpc) is 2.40. The first-order valence-electron chi connectivity index (χ1n) is 5.90. The molecule has 1 aliphatic rings. The van der Waals surface area contributed by atoms with E-state index in [4.69, 9.17) is 0 Å². The second-order valence-electron chi connectivity index (χ2n) is 4.28. The predicted molar refractivity (Wildman–Crippen MR) is 73.9 cm³/mol. The Labute approximate surface area is 109 Å². The fourth-order valence-electron chi connectivity index (χ4n) is 2.25. The molecule has 0 nitrogen and oxygen atoms in total. The van der Waals surface area contributed by atoms with Crippen LogP contribution in [0.2, 0.25) is 0 Å². The Morgan fingerprint density at radius 3 is 2.53 bits per heavy atom. The van der Waals surface area contributed by atoms with Crippen molar-refractivity contribution in [2.24, 2.45) is 0 Å². The van der Waals surface area contributed by atoms with E-state index in [2.05, 4.69) is 65.6 Å². The number of fused-ring (bicyclic) bond motifs is 1.